The summed E-state index contributed by atoms with van der Waals surface area (Å²) in [6.07, 6.45) is 5.91. The van der Waals surface area contributed by atoms with Gasteiger partial charge in [0.2, 0.25) is 5.28 Å². The molecule has 1 heterocycles. The van der Waals surface area contributed by atoms with Crippen LogP contribution in [0.4, 0.5) is 5.82 Å². The molecule has 0 radical (unpaired) electrons. The first-order chi connectivity index (χ1) is 9.22. The molecular weight excluding hydrogens is 264 g/mol. The molecule has 0 atom stereocenters. The molecule has 19 heavy (non-hydrogen) atoms. The van der Waals surface area contributed by atoms with Gasteiger partial charge in [0.15, 0.2) is 0 Å². The predicted molar refractivity (Wildman–Crippen MR) is 73.0 cm³/mol. The number of aromatic nitrogens is 2. The fourth-order valence-corrected chi connectivity index (χ4v) is 2.49. The Balaban J connectivity index is 1.96. The van der Waals surface area contributed by atoms with E-state index >= 15 is 0 Å². The first kappa shape index (κ1) is 14.0. The molecule has 0 bridgehead atoms. The Kier molecular flexibility index (Phi) is 4.94. The van der Waals surface area contributed by atoms with E-state index in [1.807, 2.05) is 6.92 Å². The fraction of sp³-hybridized carbons (Fsp3) is 0.615. The summed E-state index contributed by atoms with van der Waals surface area (Å²) >= 11 is 5.76. The van der Waals surface area contributed by atoms with E-state index in [1.165, 1.54) is 6.20 Å². The lowest BCUT2D eigenvalue weighted by Gasteiger charge is -2.29. The summed E-state index contributed by atoms with van der Waals surface area (Å²) in [7, 11) is 0. The summed E-state index contributed by atoms with van der Waals surface area (Å²) in [6.45, 7) is 2.79. The molecule has 1 aliphatic rings. The van der Waals surface area contributed by atoms with Gasteiger partial charge >= 0.3 is 0 Å². The zero-order valence-electron chi connectivity index (χ0n) is 10.9. The summed E-state index contributed by atoms with van der Waals surface area (Å²) in [5, 5.41) is 12.5. The van der Waals surface area contributed by atoms with E-state index < -0.39 is 0 Å². The van der Waals surface area contributed by atoms with E-state index in [0.29, 0.717) is 23.5 Å². The molecule has 0 aliphatic heterocycles. The van der Waals surface area contributed by atoms with Crippen molar-refractivity contribution in [1.82, 2.24) is 9.97 Å². The molecule has 1 saturated carbocycles. The number of nitriles is 1. The van der Waals surface area contributed by atoms with Gasteiger partial charge in [-0.3, -0.25) is 0 Å². The highest BCUT2D eigenvalue weighted by atomic mass is 35.5. The highest BCUT2D eigenvalue weighted by Gasteiger charge is 2.22. The van der Waals surface area contributed by atoms with Crippen LogP contribution in [-0.4, -0.2) is 28.7 Å². The van der Waals surface area contributed by atoms with Crippen molar-refractivity contribution in [3.63, 3.8) is 0 Å². The lowest BCUT2D eigenvalue weighted by molar-refractivity contribution is 0.0346. The number of nitrogens with one attached hydrogen (secondary N) is 1. The third-order valence-corrected chi connectivity index (χ3v) is 3.48. The zero-order valence-corrected chi connectivity index (χ0v) is 11.7. The molecule has 0 unspecified atom stereocenters. The maximum absolute atomic E-state index is 9.02. The lowest BCUT2D eigenvalue weighted by Crippen LogP contribution is -2.30. The minimum absolute atomic E-state index is 0.157. The van der Waals surface area contributed by atoms with Crippen molar-refractivity contribution < 1.29 is 4.74 Å². The Hall–Kier alpha value is -1.38. The van der Waals surface area contributed by atoms with Crippen LogP contribution in [0.1, 0.15) is 38.2 Å². The molecule has 0 amide bonds. The van der Waals surface area contributed by atoms with Gasteiger partial charge in [0, 0.05) is 12.6 Å². The van der Waals surface area contributed by atoms with Gasteiger partial charge in [-0.2, -0.15) is 10.2 Å². The summed E-state index contributed by atoms with van der Waals surface area (Å²) < 4.78 is 5.62. The van der Waals surface area contributed by atoms with Gasteiger partial charge in [-0.15, -0.1) is 0 Å². The maximum Gasteiger partial charge on any atom is 0.224 e. The van der Waals surface area contributed by atoms with Crippen LogP contribution in [0.5, 0.6) is 0 Å². The predicted octanol–water partition coefficient (Wildman–Crippen LogP) is 2.76. The average molecular weight is 281 g/mol. The average Bonchev–Trinajstić information content (AvgIpc) is 2.42. The van der Waals surface area contributed by atoms with Crippen LogP contribution < -0.4 is 5.32 Å². The molecule has 2 rings (SSSR count). The Labute approximate surface area is 118 Å². The Bertz CT molecular complexity index is 466. The minimum atomic E-state index is 0.157. The molecule has 1 aliphatic carbocycles. The summed E-state index contributed by atoms with van der Waals surface area (Å²) in [6, 6.07) is 2.39. The zero-order chi connectivity index (χ0) is 13.7. The van der Waals surface area contributed by atoms with Crippen LogP contribution in [0.3, 0.4) is 0 Å². The molecular formula is C13H17ClN4O. The van der Waals surface area contributed by atoms with Crippen LogP contribution in [0.2, 0.25) is 5.28 Å². The fourth-order valence-electron chi connectivity index (χ4n) is 2.36. The normalized spacial score (nSPS) is 22.8. The molecule has 1 fully saturated rings. The van der Waals surface area contributed by atoms with Crippen molar-refractivity contribution in [3.8, 4) is 6.07 Å². The lowest BCUT2D eigenvalue weighted by atomic mass is 9.93. The van der Waals surface area contributed by atoms with Crippen molar-refractivity contribution in [1.29, 1.82) is 5.26 Å². The third kappa shape index (κ3) is 3.79. The monoisotopic (exact) mass is 280 g/mol. The number of ether oxygens (including phenoxy) is 1. The van der Waals surface area contributed by atoms with Gasteiger partial charge in [0.25, 0.3) is 0 Å². The number of hydrogen-bond acceptors (Lipinski definition) is 5. The molecule has 1 N–H and O–H groups in total. The van der Waals surface area contributed by atoms with E-state index in [0.717, 1.165) is 32.3 Å². The van der Waals surface area contributed by atoms with Crippen LogP contribution in [0.25, 0.3) is 0 Å². The van der Waals surface area contributed by atoms with E-state index in [2.05, 4.69) is 21.4 Å². The second-order valence-electron chi connectivity index (χ2n) is 4.59. The number of rotatable bonds is 4. The first-order valence-electron chi connectivity index (χ1n) is 6.53. The van der Waals surface area contributed by atoms with Crippen molar-refractivity contribution >= 4 is 17.4 Å². The van der Waals surface area contributed by atoms with Crippen LogP contribution in [-0.2, 0) is 4.74 Å². The van der Waals surface area contributed by atoms with Crippen LogP contribution in [0, 0.1) is 11.3 Å². The molecule has 1 aromatic heterocycles. The quantitative estimate of drug-likeness (QED) is 0.859. The molecule has 1 aromatic rings. The Morgan fingerprint density at radius 3 is 2.84 bits per heavy atom. The molecule has 5 nitrogen and oxygen atoms in total. The van der Waals surface area contributed by atoms with Gasteiger partial charge in [-0.25, -0.2) is 4.98 Å². The van der Waals surface area contributed by atoms with E-state index in [1.54, 1.807) is 0 Å². The summed E-state index contributed by atoms with van der Waals surface area (Å²) in [4.78, 5) is 7.89. The smallest absolute Gasteiger partial charge is 0.224 e. The van der Waals surface area contributed by atoms with E-state index in [-0.39, 0.29) is 5.28 Å². The van der Waals surface area contributed by atoms with Gasteiger partial charge in [0.1, 0.15) is 17.5 Å². The summed E-state index contributed by atoms with van der Waals surface area (Å²) in [5.74, 6) is 0.530. The second kappa shape index (κ2) is 6.69. The third-order valence-electron chi connectivity index (χ3n) is 3.30. The molecule has 6 heteroatoms. The van der Waals surface area contributed by atoms with Crippen LogP contribution in [0.15, 0.2) is 6.20 Å². The largest absolute Gasteiger partial charge is 0.379 e. The second-order valence-corrected chi connectivity index (χ2v) is 4.92. The van der Waals surface area contributed by atoms with Gasteiger partial charge in [-0.1, -0.05) is 0 Å². The van der Waals surface area contributed by atoms with Gasteiger partial charge in [-0.05, 0) is 44.2 Å². The topological polar surface area (TPSA) is 70.8 Å². The van der Waals surface area contributed by atoms with Crippen molar-refractivity contribution in [2.45, 2.75) is 44.8 Å². The Morgan fingerprint density at radius 1 is 1.47 bits per heavy atom. The molecule has 0 aromatic carbocycles. The number of anilines is 1. The van der Waals surface area contributed by atoms with E-state index in [9.17, 15) is 0 Å². The first-order valence-corrected chi connectivity index (χ1v) is 6.91. The standard InChI is InChI=1S/C13H17ClN4O/c1-2-19-11-5-3-10(4-6-11)17-12-9(7-15)8-16-13(14)18-12/h8,10-11H,2-6H2,1H3,(H,16,17,18)/t10-,11-. The number of nitrogens with zero attached hydrogens (tertiary/aromatic N) is 3. The molecule has 102 valence electrons. The van der Waals surface area contributed by atoms with Crippen molar-refractivity contribution in [2.24, 2.45) is 0 Å². The van der Waals surface area contributed by atoms with Gasteiger partial charge < -0.3 is 10.1 Å². The molecule has 0 spiro atoms. The van der Waals surface area contributed by atoms with Gasteiger partial charge in [0.05, 0.1) is 12.3 Å². The maximum atomic E-state index is 9.02. The van der Waals surface area contributed by atoms with Crippen molar-refractivity contribution in [3.05, 3.63) is 17.0 Å². The molecule has 0 saturated heterocycles. The van der Waals surface area contributed by atoms with E-state index in [4.69, 9.17) is 21.6 Å². The Morgan fingerprint density at radius 2 is 2.21 bits per heavy atom. The van der Waals surface area contributed by atoms with Crippen molar-refractivity contribution in [2.75, 3.05) is 11.9 Å². The highest BCUT2D eigenvalue weighted by molar-refractivity contribution is 6.28. The number of hydrogen-bond donors (Lipinski definition) is 1. The number of halogens is 1. The van der Waals surface area contributed by atoms with Crippen LogP contribution >= 0.6 is 11.6 Å². The SMILES string of the molecule is CCO[C@H]1CC[C@H](Nc2nc(Cl)ncc2C#N)CC1. The minimum Gasteiger partial charge on any atom is -0.379 e. The summed E-state index contributed by atoms with van der Waals surface area (Å²) in [5.41, 5.74) is 0.427. The highest BCUT2D eigenvalue weighted by Crippen LogP contribution is 2.24.